The number of rotatable bonds is 6. The lowest BCUT2D eigenvalue weighted by molar-refractivity contribution is 0.0974. The maximum absolute atomic E-state index is 4.39. The lowest BCUT2D eigenvalue weighted by Gasteiger charge is -2.42. The predicted octanol–water partition coefficient (Wildman–Crippen LogP) is 2.99. The Bertz CT molecular complexity index is 355. The number of nitrogens with one attached hydrogen (secondary N) is 1. The highest BCUT2D eigenvalue weighted by molar-refractivity contribution is 7.07. The molecule has 0 radical (unpaired) electrons. The zero-order chi connectivity index (χ0) is 13.7. The molecule has 1 N–H and O–H groups in total. The first-order chi connectivity index (χ1) is 9.13. The second kappa shape index (κ2) is 6.82. The first-order valence-electron chi connectivity index (χ1n) is 7.34. The zero-order valence-corrected chi connectivity index (χ0v) is 13.3. The molecule has 0 spiro atoms. The predicted molar refractivity (Wildman–Crippen MR) is 82.4 cm³/mol. The average Bonchev–Trinajstić information content (AvgIpc) is 2.86. The molecule has 3 nitrogen and oxygen atoms in total. The van der Waals surface area contributed by atoms with Gasteiger partial charge in [0.05, 0.1) is 11.2 Å². The van der Waals surface area contributed by atoms with Gasteiger partial charge in [0, 0.05) is 25.0 Å². The van der Waals surface area contributed by atoms with Crippen molar-refractivity contribution >= 4 is 11.3 Å². The van der Waals surface area contributed by atoms with Crippen LogP contribution in [0.4, 0.5) is 0 Å². The minimum Gasteiger partial charge on any atom is -0.319 e. The van der Waals surface area contributed by atoms with Gasteiger partial charge in [-0.2, -0.15) is 0 Å². The van der Waals surface area contributed by atoms with Gasteiger partial charge in [0.2, 0.25) is 0 Å². The van der Waals surface area contributed by atoms with E-state index < -0.39 is 0 Å². The van der Waals surface area contributed by atoms with Gasteiger partial charge in [0.25, 0.3) is 0 Å². The molecular formula is C15H27N3S. The number of hydrogen-bond donors (Lipinski definition) is 1. The van der Waals surface area contributed by atoms with Crippen molar-refractivity contribution in [3.8, 4) is 0 Å². The molecule has 19 heavy (non-hydrogen) atoms. The fourth-order valence-corrected chi connectivity index (χ4v) is 3.91. The molecule has 0 unspecified atom stereocenters. The molecule has 2 rings (SSSR count). The van der Waals surface area contributed by atoms with Gasteiger partial charge in [-0.15, -0.1) is 11.3 Å². The van der Waals surface area contributed by atoms with Crippen molar-refractivity contribution in [1.29, 1.82) is 0 Å². The summed E-state index contributed by atoms with van der Waals surface area (Å²) in [7, 11) is 4.31. The largest absolute Gasteiger partial charge is 0.319 e. The van der Waals surface area contributed by atoms with Crippen LogP contribution in [-0.4, -0.2) is 37.1 Å². The highest BCUT2D eigenvalue weighted by Crippen LogP contribution is 2.39. The Hall–Kier alpha value is -0.450. The normalized spacial score (nSPS) is 27.9. The molecule has 1 fully saturated rings. The van der Waals surface area contributed by atoms with Crippen LogP contribution >= 0.6 is 11.3 Å². The van der Waals surface area contributed by atoms with Gasteiger partial charge in [-0.25, -0.2) is 4.98 Å². The third kappa shape index (κ3) is 4.26. The summed E-state index contributed by atoms with van der Waals surface area (Å²) in [6, 6.07) is 0. The Morgan fingerprint density at radius 1 is 1.47 bits per heavy atom. The number of aromatic nitrogens is 1. The Morgan fingerprint density at radius 2 is 2.21 bits per heavy atom. The van der Waals surface area contributed by atoms with Crippen LogP contribution in [0.1, 0.15) is 38.3 Å². The van der Waals surface area contributed by atoms with E-state index >= 15 is 0 Å². The highest BCUT2D eigenvalue weighted by atomic mass is 32.1. The van der Waals surface area contributed by atoms with Crippen molar-refractivity contribution in [3.05, 3.63) is 16.6 Å². The summed E-state index contributed by atoms with van der Waals surface area (Å²) in [6.07, 6.45) is 5.48. The molecule has 1 aromatic heterocycles. The van der Waals surface area contributed by atoms with E-state index in [2.05, 4.69) is 41.6 Å². The van der Waals surface area contributed by atoms with Gasteiger partial charge in [-0.1, -0.05) is 19.8 Å². The Balaban J connectivity index is 1.92. The van der Waals surface area contributed by atoms with E-state index in [1.165, 1.54) is 37.9 Å². The standard InChI is InChI=1S/C15H27N3S/c1-13-4-6-15(7-5-13,10-16-2)11-18(3)8-14-9-19-12-17-14/h9,12-13,16H,4-8,10-11H2,1-3H3. The summed E-state index contributed by atoms with van der Waals surface area (Å²) >= 11 is 1.69. The topological polar surface area (TPSA) is 28.2 Å². The second-order valence-corrected chi connectivity index (χ2v) is 7.08. The second-order valence-electron chi connectivity index (χ2n) is 6.36. The van der Waals surface area contributed by atoms with Gasteiger partial charge in [0.1, 0.15) is 0 Å². The molecule has 108 valence electrons. The van der Waals surface area contributed by atoms with E-state index in [1.807, 2.05) is 5.51 Å². The van der Waals surface area contributed by atoms with Crippen LogP contribution in [0.15, 0.2) is 10.9 Å². The lowest BCUT2D eigenvalue weighted by Crippen LogP contribution is -2.44. The molecule has 1 aliphatic carbocycles. The SMILES string of the molecule is CNCC1(CN(C)Cc2cscn2)CCC(C)CC1. The molecule has 0 saturated heterocycles. The molecule has 1 saturated carbocycles. The molecule has 4 heteroatoms. The van der Waals surface area contributed by atoms with Crippen molar-refractivity contribution < 1.29 is 0 Å². The molecule has 0 aliphatic heterocycles. The van der Waals surface area contributed by atoms with Crippen molar-refractivity contribution in [2.75, 3.05) is 27.2 Å². The van der Waals surface area contributed by atoms with E-state index in [1.54, 1.807) is 11.3 Å². The van der Waals surface area contributed by atoms with Crippen LogP contribution in [0.2, 0.25) is 0 Å². The fraction of sp³-hybridized carbons (Fsp3) is 0.800. The third-order valence-corrected chi connectivity index (χ3v) is 5.04. The van der Waals surface area contributed by atoms with E-state index in [0.29, 0.717) is 5.41 Å². The number of thiazole rings is 1. The van der Waals surface area contributed by atoms with Crippen molar-refractivity contribution in [1.82, 2.24) is 15.2 Å². The Kier molecular flexibility index (Phi) is 5.37. The minimum absolute atomic E-state index is 0.464. The first-order valence-corrected chi connectivity index (χ1v) is 8.28. The Labute approximate surface area is 121 Å². The molecule has 1 aliphatic rings. The van der Waals surface area contributed by atoms with Gasteiger partial charge in [0.15, 0.2) is 0 Å². The number of hydrogen-bond acceptors (Lipinski definition) is 4. The van der Waals surface area contributed by atoms with Crippen LogP contribution < -0.4 is 5.32 Å². The van der Waals surface area contributed by atoms with Gasteiger partial charge in [-0.05, 0) is 38.3 Å². The van der Waals surface area contributed by atoms with Crippen molar-refractivity contribution in [3.63, 3.8) is 0 Å². The Morgan fingerprint density at radius 3 is 2.79 bits per heavy atom. The molecule has 0 amide bonds. The van der Waals surface area contributed by atoms with Crippen LogP contribution in [0.25, 0.3) is 0 Å². The summed E-state index contributed by atoms with van der Waals surface area (Å²) in [4.78, 5) is 6.84. The van der Waals surface area contributed by atoms with E-state index in [4.69, 9.17) is 0 Å². The van der Waals surface area contributed by atoms with Gasteiger partial charge in [-0.3, -0.25) is 4.90 Å². The fourth-order valence-electron chi connectivity index (χ4n) is 3.36. The molecule has 1 aromatic rings. The maximum atomic E-state index is 4.39. The quantitative estimate of drug-likeness (QED) is 0.869. The maximum Gasteiger partial charge on any atom is 0.0795 e. The summed E-state index contributed by atoms with van der Waals surface area (Å²) in [6.45, 7) is 5.69. The summed E-state index contributed by atoms with van der Waals surface area (Å²) in [5.41, 5.74) is 3.59. The lowest BCUT2D eigenvalue weighted by atomic mass is 9.70. The van der Waals surface area contributed by atoms with Crippen LogP contribution in [-0.2, 0) is 6.54 Å². The number of nitrogens with zero attached hydrogens (tertiary/aromatic N) is 2. The first kappa shape index (κ1) is 14.9. The molecule has 0 atom stereocenters. The molecule has 0 bridgehead atoms. The summed E-state index contributed by atoms with van der Waals surface area (Å²) in [5, 5.41) is 5.57. The molecule has 1 heterocycles. The van der Waals surface area contributed by atoms with Gasteiger partial charge >= 0.3 is 0 Å². The highest BCUT2D eigenvalue weighted by Gasteiger charge is 2.34. The average molecular weight is 281 g/mol. The van der Waals surface area contributed by atoms with Crippen LogP contribution in [0.3, 0.4) is 0 Å². The smallest absolute Gasteiger partial charge is 0.0795 e. The third-order valence-electron chi connectivity index (χ3n) is 4.41. The molecular weight excluding hydrogens is 254 g/mol. The van der Waals surface area contributed by atoms with Crippen LogP contribution in [0.5, 0.6) is 0 Å². The van der Waals surface area contributed by atoms with Crippen molar-refractivity contribution in [2.24, 2.45) is 11.3 Å². The van der Waals surface area contributed by atoms with Gasteiger partial charge < -0.3 is 5.32 Å². The van der Waals surface area contributed by atoms with Crippen molar-refractivity contribution in [2.45, 2.75) is 39.2 Å². The van der Waals surface area contributed by atoms with E-state index in [9.17, 15) is 0 Å². The molecule has 0 aromatic carbocycles. The summed E-state index contributed by atoms with van der Waals surface area (Å²) < 4.78 is 0. The summed E-state index contributed by atoms with van der Waals surface area (Å²) in [5.74, 6) is 0.911. The van der Waals surface area contributed by atoms with E-state index in [0.717, 1.165) is 19.0 Å². The monoisotopic (exact) mass is 281 g/mol. The zero-order valence-electron chi connectivity index (χ0n) is 12.5. The van der Waals surface area contributed by atoms with E-state index in [-0.39, 0.29) is 0 Å². The van der Waals surface area contributed by atoms with Crippen LogP contribution in [0, 0.1) is 11.3 Å². The minimum atomic E-state index is 0.464.